The van der Waals surface area contributed by atoms with Crippen LogP contribution in [0.1, 0.15) is 77.2 Å². The third-order valence-electron chi connectivity index (χ3n) is 11.9. The lowest BCUT2D eigenvalue weighted by molar-refractivity contribution is -0.135. The van der Waals surface area contributed by atoms with Gasteiger partial charge in [-0.3, -0.25) is 14.6 Å². The van der Waals surface area contributed by atoms with Gasteiger partial charge in [0.15, 0.2) is 0 Å². The molecule has 3 aromatic carbocycles. The highest BCUT2D eigenvalue weighted by Gasteiger charge is 2.38. The van der Waals surface area contributed by atoms with E-state index < -0.39 is 24.3 Å². The minimum Gasteiger partial charge on any atom is -0.453 e. The predicted molar refractivity (Wildman–Crippen MR) is 233 cm³/mol. The van der Waals surface area contributed by atoms with E-state index in [2.05, 4.69) is 76.3 Å². The summed E-state index contributed by atoms with van der Waals surface area (Å²) in [6.45, 7) is 8.68. The quantitative estimate of drug-likeness (QED) is 0.129. The molecule has 7 rings (SSSR count). The minimum atomic E-state index is -0.703. The molecule has 0 unspecified atom stereocenters. The number of aliphatic imine (C=N–C) groups is 1. The van der Waals surface area contributed by atoms with Crippen LogP contribution in [0.15, 0.2) is 90.2 Å². The molecule has 3 N–H and O–H groups in total. The molecule has 4 atom stereocenters. The largest absolute Gasteiger partial charge is 0.453 e. The number of ether oxygens (including phenoxy) is 2. The first-order valence-electron chi connectivity index (χ1n) is 20.9. The fourth-order valence-corrected chi connectivity index (χ4v) is 8.61. The van der Waals surface area contributed by atoms with Gasteiger partial charge in [0.05, 0.1) is 38.2 Å². The van der Waals surface area contributed by atoms with Gasteiger partial charge in [0.1, 0.15) is 17.9 Å². The zero-order valence-electron chi connectivity index (χ0n) is 35.2. The van der Waals surface area contributed by atoms with E-state index in [0.29, 0.717) is 13.1 Å². The number of fused-ring (bicyclic) bond motifs is 1. The first-order valence-corrected chi connectivity index (χ1v) is 20.9. The molecule has 1 fully saturated rings. The zero-order valence-corrected chi connectivity index (χ0v) is 35.2. The number of nitrogens with one attached hydrogen (secondary N) is 3. The maximum absolute atomic E-state index is 13.7. The fraction of sp³-hybridized carbons (Fsp3) is 0.404. The molecule has 3 aliphatic rings. The topological polar surface area (TPSA) is 158 Å². The SMILES string of the molecule is COC(=O)N[C@H](C(=O)N1CC=C[C@H]1C1=NC=C(c2cccc3c(-c4ccc(-c5cnc([C@@H]6CCCN6C(=O)[C@@H](NC(=O)OC)C(C)C)[nH]5)cc4)cccc23)CCC1)C(C)C. The third-order valence-corrected chi connectivity index (χ3v) is 11.9. The monoisotopic (exact) mass is 813 g/mol. The summed E-state index contributed by atoms with van der Waals surface area (Å²) >= 11 is 0. The highest BCUT2D eigenvalue weighted by Crippen LogP contribution is 2.37. The summed E-state index contributed by atoms with van der Waals surface area (Å²) in [5.41, 5.74) is 7.26. The molecule has 0 radical (unpaired) electrons. The van der Waals surface area contributed by atoms with Gasteiger partial charge < -0.3 is 34.9 Å². The van der Waals surface area contributed by atoms with E-state index in [1.54, 1.807) is 4.90 Å². The zero-order chi connectivity index (χ0) is 42.5. The van der Waals surface area contributed by atoms with Gasteiger partial charge in [-0.1, -0.05) is 101 Å². The van der Waals surface area contributed by atoms with Crippen molar-refractivity contribution in [1.29, 1.82) is 0 Å². The Morgan fingerprint density at radius 2 is 1.38 bits per heavy atom. The number of aromatic nitrogens is 2. The van der Waals surface area contributed by atoms with Crippen molar-refractivity contribution in [2.24, 2.45) is 16.8 Å². The molecular weight excluding hydrogens is 759 g/mol. The Labute approximate surface area is 351 Å². The molecule has 314 valence electrons. The van der Waals surface area contributed by atoms with Crippen LogP contribution in [0.3, 0.4) is 0 Å². The average molecular weight is 814 g/mol. The lowest BCUT2D eigenvalue weighted by atomic mass is 9.91. The lowest BCUT2D eigenvalue weighted by Crippen LogP contribution is -2.54. The summed E-state index contributed by atoms with van der Waals surface area (Å²) in [4.78, 5) is 68.2. The summed E-state index contributed by atoms with van der Waals surface area (Å²) in [7, 11) is 2.59. The fourth-order valence-electron chi connectivity index (χ4n) is 8.61. The molecule has 1 aromatic heterocycles. The number of imidazole rings is 1. The van der Waals surface area contributed by atoms with E-state index in [4.69, 9.17) is 19.5 Å². The van der Waals surface area contributed by atoms with Crippen molar-refractivity contribution >= 4 is 46.1 Å². The molecule has 0 spiro atoms. The van der Waals surface area contributed by atoms with E-state index in [1.165, 1.54) is 14.2 Å². The summed E-state index contributed by atoms with van der Waals surface area (Å²) < 4.78 is 9.57. The van der Waals surface area contributed by atoms with Crippen LogP contribution in [0.4, 0.5) is 9.59 Å². The summed E-state index contributed by atoms with van der Waals surface area (Å²) in [5, 5.41) is 7.71. The van der Waals surface area contributed by atoms with Crippen molar-refractivity contribution in [3.63, 3.8) is 0 Å². The van der Waals surface area contributed by atoms with Gasteiger partial charge >= 0.3 is 12.2 Å². The molecule has 4 amide bonds. The Hall–Kier alpha value is -6.24. The average Bonchev–Trinajstić information content (AvgIpc) is 4.03. The Morgan fingerprint density at radius 1 is 0.767 bits per heavy atom. The molecule has 0 bridgehead atoms. The number of methoxy groups -OCH3 is 2. The van der Waals surface area contributed by atoms with Crippen LogP contribution < -0.4 is 10.6 Å². The first-order chi connectivity index (χ1) is 29.0. The number of carbonyl (C=O) groups is 4. The number of rotatable bonds is 11. The second-order valence-corrected chi connectivity index (χ2v) is 16.4. The Balaban J connectivity index is 1.09. The van der Waals surface area contributed by atoms with Crippen LogP contribution in [0.25, 0.3) is 38.7 Å². The predicted octanol–water partition coefficient (Wildman–Crippen LogP) is 8.05. The Morgan fingerprint density at radius 3 is 2.03 bits per heavy atom. The Kier molecular flexibility index (Phi) is 12.8. The standard InChI is InChI=1S/C47H55N7O6/c1-28(2)41(51-46(57)59-5)44(55)53-24-10-18-39(53)37-17-7-12-32(26-48-37)34-14-9-15-35-33(13-8-16-36(34)35)30-20-22-31(23-21-30)38-27-49-43(50-38)40-19-11-25-54(40)45(56)42(29(3)4)52-47(58)60-6/h8-10,13-16,18,20-23,26-29,39-42H,7,11-12,17,19,24-25H2,1-6H3,(H,49,50)(H,51,57)(H,52,58)/t39-,40-,41-,42-/m0/s1. The van der Waals surface area contributed by atoms with Crippen LogP contribution in [0.2, 0.25) is 0 Å². The second-order valence-electron chi connectivity index (χ2n) is 16.4. The third kappa shape index (κ3) is 8.71. The number of hydrogen-bond acceptors (Lipinski definition) is 8. The highest BCUT2D eigenvalue weighted by atomic mass is 16.5. The van der Waals surface area contributed by atoms with E-state index in [1.807, 2.05) is 57.1 Å². The first kappa shape index (κ1) is 41.9. The number of benzene rings is 3. The maximum atomic E-state index is 13.7. The van der Waals surface area contributed by atoms with Gasteiger partial charge in [-0.15, -0.1) is 0 Å². The number of hydrogen-bond donors (Lipinski definition) is 3. The number of H-pyrrole nitrogens is 1. The van der Waals surface area contributed by atoms with Gasteiger partial charge in [0.2, 0.25) is 11.8 Å². The van der Waals surface area contributed by atoms with Crippen LogP contribution in [0.5, 0.6) is 0 Å². The van der Waals surface area contributed by atoms with E-state index >= 15 is 0 Å². The smallest absolute Gasteiger partial charge is 0.407 e. The molecule has 4 heterocycles. The van der Waals surface area contributed by atoms with Gasteiger partial charge in [-0.2, -0.15) is 0 Å². The number of nitrogens with zero attached hydrogens (tertiary/aromatic N) is 4. The number of amides is 4. The van der Waals surface area contributed by atoms with Gasteiger partial charge in [0, 0.05) is 25.0 Å². The maximum Gasteiger partial charge on any atom is 0.407 e. The number of alkyl carbamates (subject to hydrolysis) is 2. The Bertz CT molecular complexity index is 2330. The summed E-state index contributed by atoms with van der Waals surface area (Å²) in [6.07, 6.45) is 10.7. The molecule has 0 saturated carbocycles. The minimum absolute atomic E-state index is 0.109. The van der Waals surface area contributed by atoms with Gasteiger partial charge in [-0.05, 0) is 82.5 Å². The van der Waals surface area contributed by atoms with Crippen LogP contribution in [-0.4, -0.2) is 94.9 Å². The molecule has 60 heavy (non-hydrogen) atoms. The highest BCUT2D eigenvalue weighted by molar-refractivity contribution is 6.03. The van der Waals surface area contributed by atoms with Crippen molar-refractivity contribution in [2.75, 3.05) is 27.3 Å². The molecule has 13 nitrogen and oxygen atoms in total. The van der Waals surface area contributed by atoms with E-state index in [9.17, 15) is 19.2 Å². The van der Waals surface area contributed by atoms with Crippen molar-refractivity contribution in [3.05, 3.63) is 96.6 Å². The summed E-state index contributed by atoms with van der Waals surface area (Å²) in [5.74, 6) is 0.213. The molecule has 13 heteroatoms. The number of aromatic amines is 1. The van der Waals surface area contributed by atoms with Crippen molar-refractivity contribution < 1.29 is 28.7 Å². The van der Waals surface area contributed by atoms with Crippen molar-refractivity contribution in [3.8, 4) is 22.4 Å². The van der Waals surface area contributed by atoms with Gasteiger partial charge in [0.25, 0.3) is 0 Å². The molecule has 1 saturated heterocycles. The molecule has 4 aromatic rings. The van der Waals surface area contributed by atoms with Crippen molar-refractivity contribution in [1.82, 2.24) is 30.4 Å². The second kappa shape index (κ2) is 18.4. The lowest BCUT2D eigenvalue weighted by Gasteiger charge is -2.31. The number of carbonyl (C=O) groups excluding carboxylic acids is 4. The molecule has 0 aliphatic carbocycles. The molecular formula is C47H55N7O6. The van der Waals surface area contributed by atoms with Crippen molar-refractivity contribution in [2.45, 2.75) is 84.0 Å². The normalized spacial score (nSPS) is 18.9. The summed E-state index contributed by atoms with van der Waals surface area (Å²) in [6, 6.07) is 19.4. The van der Waals surface area contributed by atoms with E-state index in [0.717, 1.165) is 87.9 Å². The van der Waals surface area contributed by atoms with Crippen LogP contribution >= 0.6 is 0 Å². The number of allylic oxidation sites excluding steroid dienone is 1. The number of likely N-dealkylation sites (tertiary alicyclic amines) is 1. The molecule has 3 aliphatic heterocycles. The van der Waals surface area contributed by atoms with Gasteiger partial charge in [-0.25, -0.2) is 14.6 Å². The van der Waals surface area contributed by atoms with Crippen LogP contribution in [0, 0.1) is 11.8 Å². The van der Waals surface area contributed by atoms with Crippen LogP contribution in [-0.2, 0) is 19.1 Å². The van der Waals surface area contributed by atoms with E-state index in [-0.39, 0.29) is 35.7 Å².